The summed E-state index contributed by atoms with van der Waals surface area (Å²) in [6.45, 7) is 2.30. The van der Waals surface area contributed by atoms with Crippen molar-refractivity contribution in [3.63, 3.8) is 0 Å². The summed E-state index contributed by atoms with van der Waals surface area (Å²) in [7, 11) is 0. The second-order valence-corrected chi connectivity index (χ2v) is 4.79. The molecule has 3 rings (SSSR count). The van der Waals surface area contributed by atoms with Crippen LogP contribution in [0.1, 0.15) is 24.8 Å². The van der Waals surface area contributed by atoms with E-state index in [0.717, 1.165) is 24.5 Å². The molecule has 2 fully saturated rings. The zero-order valence-corrected chi connectivity index (χ0v) is 10.0. The number of fused-ring (bicyclic) bond motifs is 1. The van der Waals surface area contributed by atoms with Crippen molar-refractivity contribution in [3.05, 3.63) is 23.9 Å². The highest BCUT2D eigenvalue weighted by molar-refractivity contribution is 5.48. The van der Waals surface area contributed by atoms with Crippen molar-refractivity contribution in [2.75, 3.05) is 18.1 Å². The first-order valence-electron chi connectivity index (χ1n) is 6.42. The summed E-state index contributed by atoms with van der Waals surface area (Å²) in [5.74, 6) is 1.07. The van der Waals surface area contributed by atoms with Crippen molar-refractivity contribution >= 4 is 5.82 Å². The van der Waals surface area contributed by atoms with Crippen LogP contribution in [0.4, 0.5) is 5.82 Å². The number of anilines is 1. The van der Waals surface area contributed by atoms with E-state index in [2.05, 4.69) is 16.0 Å². The van der Waals surface area contributed by atoms with Gasteiger partial charge in [0.15, 0.2) is 0 Å². The van der Waals surface area contributed by atoms with Crippen molar-refractivity contribution in [2.24, 2.45) is 5.73 Å². The average molecular weight is 233 g/mol. The highest BCUT2D eigenvalue weighted by Gasteiger charge is 2.37. The monoisotopic (exact) mass is 233 g/mol. The average Bonchev–Trinajstić information content (AvgIpc) is 2.86. The Balaban J connectivity index is 1.91. The third-order valence-electron chi connectivity index (χ3n) is 3.84. The van der Waals surface area contributed by atoms with Gasteiger partial charge in [0, 0.05) is 24.8 Å². The number of nitrogens with two attached hydrogens (primary N) is 1. The van der Waals surface area contributed by atoms with E-state index in [0.29, 0.717) is 18.7 Å². The summed E-state index contributed by atoms with van der Waals surface area (Å²) in [5.41, 5.74) is 6.94. The Morgan fingerprint density at radius 3 is 3.29 bits per heavy atom. The van der Waals surface area contributed by atoms with Crippen molar-refractivity contribution in [2.45, 2.75) is 38.0 Å². The number of ether oxygens (including phenoxy) is 1. The highest BCUT2D eigenvalue weighted by Crippen LogP contribution is 2.33. The van der Waals surface area contributed by atoms with Gasteiger partial charge in [0.05, 0.1) is 18.8 Å². The third-order valence-corrected chi connectivity index (χ3v) is 3.84. The maximum atomic E-state index is 5.83. The summed E-state index contributed by atoms with van der Waals surface area (Å²) in [6.07, 6.45) is 5.92. The molecular weight excluding hydrogens is 214 g/mol. The van der Waals surface area contributed by atoms with E-state index >= 15 is 0 Å². The Morgan fingerprint density at radius 1 is 1.47 bits per heavy atom. The number of pyridine rings is 1. The lowest BCUT2D eigenvalue weighted by Crippen LogP contribution is -2.49. The molecule has 0 spiro atoms. The number of nitrogens with zero attached hydrogens (tertiary/aromatic N) is 2. The van der Waals surface area contributed by atoms with Crippen LogP contribution in [-0.4, -0.2) is 30.3 Å². The van der Waals surface area contributed by atoms with Crippen molar-refractivity contribution < 1.29 is 4.74 Å². The molecular formula is C13H19N3O. The van der Waals surface area contributed by atoms with Crippen LogP contribution in [0.15, 0.2) is 18.3 Å². The van der Waals surface area contributed by atoms with Crippen LogP contribution < -0.4 is 10.6 Å². The number of aromatic nitrogens is 1. The zero-order valence-electron chi connectivity index (χ0n) is 10.0. The first-order valence-corrected chi connectivity index (χ1v) is 6.42. The van der Waals surface area contributed by atoms with Gasteiger partial charge in [-0.1, -0.05) is 6.07 Å². The lowest BCUT2D eigenvalue weighted by atomic mass is 10.1. The molecule has 1 aromatic heterocycles. The van der Waals surface area contributed by atoms with Crippen LogP contribution in [0.5, 0.6) is 0 Å². The van der Waals surface area contributed by atoms with Gasteiger partial charge in [0.1, 0.15) is 5.82 Å². The summed E-state index contributed by atoms with van der Waals surface area (Å²) >= 11 is 0. The molecule has 92 valence electrons. The fourth-order valence-electron chi connectivity index (χ4n) is 3.04. The van der Waals surface area contributed by atoms with Crippen LogP contribution >= 0.6 is 0 Å². The van der Waals surface area contributed by atoms with Gasteiger partial charge < -0.3 is 15.4 Å². The molecule has 2 atom stereocenters. The number of hydrogen-bond acceptors (Lipinski definition) is 4. The van der Waals surface area contributed by atoms with Gasteiger partial charge in [-0.3, -0.25) is 0 Å². The highest BCUT2D eigenvalue weighted by atomic mass is 16.5. The van der Waals surface area contributed by atoms with E-state index in [1.807, 2.05) is 12.3 Å². The maximum Gasteiger partial charge on any atom is 0.133 e. The van der Waals surface area contributed by atoms with Gasteiger partial charge in [-0.2, -0.15) is 0 Å². The molecule has 1 aromatic rings. The minimum atomic E-state index is 0.399. The quantitative estimate of drug-likeness (QED) is 0.836. The van der Waals surface area contributed by atoms with Gasteiger partial charge in [-0.15, -0.1) is 0 Å². The summed E-state index contributed by atoms with van der Waals surface area (Å²) in [5, 5.41) is 0. The number of rotatable bonds is 2. The number of morpholine rings is 1. The van der Waals surface area contributed by atoms with E-state index in [4.69, 9.17) is 10.5 Å². The van der Waals surface area contributed by atoms with Gasteiger partial charge >= 0.3 is 0 Å². The standard InChI is InChI=1S/C13H19N3O/c14-9-10-3-2-6-15-13(10)16-7-8-17-12-5-1-4-11(12)16/h2-3,6,11-12H,1,4-5,7-9,14H2. The van der Waals surface area contributed by atoms with E-state index in [1.54, 1.807) is 0 Å². The van der Waals surface area contributed by atoms with Crippen molar-refractivity contribution in [1.29, 1.82) is 0 Å². The van der Waals surface area contributed by atoms with Gasteiger partial charge in [-0.05, 0) is 25.3 Å². The van der Waals surface area contributed by atoms with Gasteiger partial charge in [0.25, 0.3) is 0 Å². The molecule has 4 heteroatoms. The predicted octanol–water partition coefficient (Wildman–Crippen LogP) is 1.30. The topological polar surface area (TPSA) is 51.4 Å². The molecule has 1 aliphatic heterocycles. The van der Waals surface area contributed by atoms with Crippen LogP contribution in [0.2, 0.25) is 0 Å². The van der Waals surface area contributed by atoms with Crippen molar-refractivity contribution in [3.8, 4) is 0 Å². The molecule has 1 saturated carbocycles. The SMILES string of the molecule is NCc1cccnc1N1CCOC2CCCC21. The molecule has 0 aromatic carbocycles. The first kappa shape index (κ1) is 11.0. The van der Waals surface area contributed by atoms with Crippen LogP contribution in [0, 0.1) is 0 Å². The Bertz CT molecular complexity index is 396. The summed E-state index contributed by atoms with van der Waals surface area (Å²) in [4.78, 5) is 6.93. The maximum absolute atomic E-state index is 5.83. The third kappa shape index (κ3) is 1.91. The second kappa shape index (κ2) is 4.63. The van der Waals surface area contributed by atoms with Gasteiger partial charge in [-0.25, -0.2) is 4.98 Å². The Morgan fingerprint density at radius 2 is 2.41 bits per heavy atom. The van der Waals surface area contributed by atoms with E-state index in [9.17, 15) is 0 Å². The smallest absolute Gasteiger partial charge is 0.133 e. The van der Waals surface area contributed by atoms with Crippen LogP contribution in [-0.2, 0) is 11.3 Å². The molecule has 1 aliphatic carbocycles. The molecule has 2 aliphatic rings. The minimum absolute atomic E-state index is 0.399. The largest absolute Gasteiger partial charge is 0.374 e. The van der Waals surface area contributed by atoms with E-state index < -0.39 is 0 Å². The molecule has 1 saturated heterocycles. The normalized spacial score (nSPS) is 28.2. The molecule has 4 nitrogen and oxygen atoms in total. The lowest BCUT2D eigenvalue weighted by Gasteiger charge is -2.39. The number of hydrogen-bond donors (Lipinski definition) is 1. The van der Waals surface area contributed by atoms with Crippen molar-refractivity contribution in [1.82, 2.24) is 4.98 Å². The summed E-state index contributed by atoms with van der Waals surface area (Å²) < 4.78 is 5.83. The molecule has 2 N–H and O–H groups in total. The fourth-order valence-corrected chi connectivity index (χ4v) is 3.04. The Labute approximate surface area is 102 Å². The molecule has 0 bridgehead atoms. The predicted molar refractivity (Wildman–Crippen MR) is 66.9 cm³/mol. The Hall–Kier alpha value is -1.13. The summed E-state index contributed by atoms with van der Waals surface area (Å²) in [6, 6.07) is 4.53. The molecule has 17 heavy (non-hydrogen) atoms. The molecule has 2 heterocycles. The lowest BCUT2D eigenvalue weighted by molar-refractivity contribution is 0.0252. The molecule has 0 radical (unpaired) electrons. The van der Waals surface area contributed by atoms with Crippen LogP contribution in [0.3, 0.4) is 0 Å². The van der Waals surface area contributed by atoms with Gasteiger partial charge in [0.2, 0.25) is 0 Å². The van der Waals surface area contributed by atoms with Crippen LogP contribution in [0.25, 0.3) is 0 Å². The second-order valence-electron chi connectivity index (χ2n) is 4.79. The van der Waals surface area contributed by atoms with E-state index in [-0.39, 0.29) is 0 Å². The zero-order chi connectivity index (χ0) is 11.7. The first-order chi connectivity index (χ1) is 8.40. The Kier molecular flexibility index (Phi) is 2.99. The molecule has 2 unspecified atom stereocenters. The fraction of sp³-hybridized carbons (Fsp3) is 0.615. The van der Waals surface area contributed by atoms with E-state index in [1.165, 1.54) is 19.3 Å². The molecule has 0 amide bonds. The minimum Gasteiger partial charge on any atom is -0.374 e.